The number of ether oxygens (including phenoxy) is 3. The third-order valence-corrected chi connectivity index (χ3v) is 6.67. The Morgan fingerprint density at radius 2 is 1.66 bits per heavy atom. The van der Waals surface area contributed by atoms with Gasteiger partial charge in [-0.3, -0.25) is 0 Å². The normalized spacial score (nSPS) is 13.6. The highest BCUT2D eigenvalue weighted by atomic mass is 19.1. The lowest BCUT2D eigenvalue weighted by Gasteiger charge is -2.25. The zero-order chi connectivity index (χ0) is 28.9. The lowest BCUT2D eigenvalue weighted by molar-refractivity contribution is 0.0694. The number of nitrogens with one attached hydrogen (secondary N) is 1. The smallest absolute Gasteiger partial charge is 0.339 e. The SMILES string of the molecule is Cc1ccc(C(=O)O)c(Oc2nc(Oc3cccc(-c4cccc(CN)c4)c3)c(F)c(OC3CCNCC3)c2F)c1. The van der Waals surface area contributed by atoms with E-state index in [4.69, 9.17) is 19.9 Å². The van der Waals surface area contributed by atoms with Crippen LogP contribution in [-0.4, -0.2) is 35.3 Å². The number of hydrogen-bond donors (Lipinski definition) is 3. The molecule has 1 fully saturated rings. The molecule has 0 bridgehead atoms. The van der Waals surface area contributed by atoms with Crippen LogP contribution in [0.1, 0.15) is 34.3 Å². The number of nitrogens with two attached hydrogens (primary N) is 1. The third kappa shape index (κ3) is 6.45. The molecule has 0 spiro atoms. The molecule has 0 atom stereocenters. The number of nitrogens with zero attached hydrogens (tertiary/aromatic N) is 1. The van der Waals surface area contributed by atoms with Gasteiger partial charge in [0.1, 0.15) is 23.2 Å². The Morgan fingerprint density at radius 1 is 0.976 bits per heavy atom. The van der Waals surface area contributed by atoms with Crippen molar-refractivity contribution in [3.05, 3.63) is 95.1 Å². The fourth-order valence-electron chi connectivity index (χ4n) is 4.52. The summed E-state index contributed by atoms with van der Waals surface area (Å²) >= 11 is 0. The molecule has 41 heavy (non-hydrogen) atoms. The lowest BCUT2D eigenvalue weighted by atomic mass is 10.0. The van der Waals surface area contributed by atoms with Crippen molar-refractivity contribution in [2.75, 3.05) is 13.1 Å². The van der Waals surface area contributed by atoms with Gasteiger partial charge in [-0.25, -0.2) is 4.79 Å². The molecule has 4 N–H and O–H groups in total. The number of benzene rings is 3. The van der Waals surface area contributed by atoms with Gasteiger partial charge < -0.3 is 30.4 Å². The highest BCUT2D eigenvalue weighted by Gasteiger charge is 2.29. The van der Waals surface area contributed by atoms with E-state index in [2.05, 4.69) is 10.3 Å². The molecule has 0 saturated carbocycles. The van der Waals surface area contributed by atoms with Crippen molar-refractivity contribution in [3.63, 3.8) is 0 Å². The molecule has 5 rings (SSSR count). The predicted octanol–water partition coefficient (Wildman–Crippen LogP) is 6.21. The predicted molar refractivity (Wildman–Crippen MR) is 149 cm³/mol. The van der Waals surface area contributed by atoms with Crippen molar-refractivity contribution < 1.29 is 32.9 Å². The van der Waals surface area contributed by atoms with Crippen molar-refractivity contribution in [2.45, 2.75) is 32.4 Å². The maximum absolute atomic E-state index is 15.8. The molecule has 1 aromatic heterocycles. The van der Waals surface area contributed by atoms with Crippen LogP contribution in [0.3, 0.4) is 0 Å². The number of rotatable bonds is 9. The number of aromatic nitrogens is 1. The van der Waals surface area contributed by atoms with Gasteiger partial charge in [-0.2, -0.15) is 13.8 Å². The molecule has 212 valence electrons. The number of halogens is 2. The zero-order valence-corrected chi connectivity index (χ0v) is 22.3. The summed E-state index contributed by atoms with van der Waals surface area (Å²) in [7, 11) is 0. The molecule has 1 saturated heterocycles. The number of carbonyl (C=O) groups is 1. The lowest BCUT2D eigenvalue weighted by Crippen LogP contribution is -2.34. The monoisotopic (exact) mass is 561 g/mol. The molecular weight excluding hydrogens is 532 g/mol. The van der Waals surface area contributed by atoms with E-state index >= 15 is 8.78 Å². The van der Waals surface area contributed by atoms with E-state index in [1.807, 2.05) is 30.3 Å². The van der Waals surface area contributed by atoms with Crippen molar-refractivity contribution in [3.8, 4) is 40.1 Å². The summed E-state index contributed by atoms with van der Waals surface area (Å²) in [6, 6.07) is 18.9. The first-order valence-electron chi connectivity index (χ1n) is 13.2. The maximum Gasteiger partial charge on any atom is 0.339 e. The zero-order valence-electron chi connectivity index (χ0n) is 22.3. The molecule has 4 aromatic rings. The number of carboxylic acid groups (broad SMARTS) is 1. The van der Waals surface area contributed by atoms with Gasteiger partial charge in [0.15, 0.2) is 0 Å². The number of carboxylic acids is 1. The number of aryl methyl sites for hydroxylation is 1. The molecule has 3 aromatic carbocycles. The van der Waals surface area contributed by atoms with Crippen LogP contribution in [0.15, 0.2) is 66.7 Å². The van der Waals surface area contributed by atoms with E-state index in [-0.39, 0.29) is 17.1 Å². The van der Waals surface area contributed by atoms with Gasteiger partial charge in [0.25, 0.3) is 11.8 Å². The largest absolute Gasteiger partial charge is 0.484 e. The number of aromatic carboxylic acids is 1. The minimum atomic E-state index is -1.28. The van der Waals surface area contributed by atoms with E-state index in [1.54, 1.807) is 31.2 Å². The first-order valence-corrected chi connectivity index (χ1v) is 13.2. The Kier molecular flexibility index (Phi) is 8.42. The minimum Gasteiger partial charge on any atom is -0.484 e. The third-order valence-electron chi connectivity index (χ3n) is 6.67. The van der Waals surface area contributed by atoms with E-state index in [9.17, 15) is 9.90 Å². The second-order valence-corrected chi connectivity index (χ2v) is 9.69. The molecule has 1 aliphatic rings. The van der Waals surface area contributed by atoms with Gasteiger partial charge in [0.2, 0.25) is 17.4 Å². The van der Waals surface area contributed by atoms with E-state index in [1.165, 1.54) is 12.1 Å². The van der Waals surface area contributed by atoms with Gasteiger partial charge in [-0.1, -0.05) is 36.4 Å². The number of piperidine rings is 1. The fraction of sp³-hybridized carbons (Fsp3) is 0.226. The van der Waals surface area contributed by atoms with E-state index < -0.39 is 41.2 Å². The number of pyridine rings is 1. The Balaban J connectivity index is 1.54. The summed E-state index contributed by atoms with van der Waals surface area (Å²) in [6.45, 7) is 3.37. The van der Waals surface area contributed by atoms with Crippen LogP contribution in [0.25, 0.3) is 11.1 Å². The minimum absolute atomic E-state index is 0.156. The van der Waals surface area contributed by atoms with Crippen LogP contribution in [0.5, 0.6) is 29.0 Å². The second kappa shape index (κ2) is 12.3. The summed E-state index contributed by atoms with van der Waals surface area (Å²) in [6.07, 6.45) is 0.631. The van der Waals surface area contributed by atoms with Crippen LogP contribution < -0.4 is 25.3 Å². The van der Waals surface area contributed by atoms with Crippen LogP contribution in [0.4, 0.5) is 8.78 Å². The first-order chi connectivity index (χ1) is 19.8. The van der Waals surface area contributed by atoms with Gasteiger partial charge in [-0.15, -0.1) is 0 Å². The number of hydrogen-bond acceptors (Lipinski definition) is 7. The summed E-state index contributed by atoms with van der Waals surface area (Å²) in [4.78, 5) is 15.8. The Labute approximate surface area is 235 Å². The first kappa shape index (κ1) is 28.0. The standard InChI is InChI=1S/C31H29F2N3O5/c1-18-8-9-24(31(37)38)25(14-18)41-30-27(33)28(39-22-10-12-35-13-11-22)26(32)29(36-30)40-23-7-3-6-21(16-23)20-5-2-4-19(15-20)17-34/h2-9,14-16,22,35H,10-13,17,34H2,1H3,(H,37,38). The van der Waals surface area contributed by atoms with Crippen LogP contribution in [-0.2, 0) is 6.54 Å². The molecule has 1 aliphatic heterocycles. The summed E-state index contributed by atoms with van der Waals surface area (Å²) in [5.41, 5.74) is 8.85. The topological polar surface area (TPSA) is 116 Å². The Hall–Kier alpha value is -4.54. The molecule has 0 radical (unpaired) electrons. The summed E-state index contributed by atoms with van der Waals surface area (Å²) < 4.78 is 48.7. The average molecular weight is 562 g/mol. The van der Waals surface area contributed by atoms with Gasteiger partial charge in [-0.05, 0) is 85.4 Å². The van der Waals surface area contributed by atoms with E-state index in [0.717, 1.165) is 16.7 Å². The van der Waals surface area contributed by atoms with Crippen molar-refractivity contribution in [1.82, 2.24) is 10.3 Å². The highest BCUT2D eigenvalue weighted by molar-refractivity contribution is 5.91. The van der Waals surface area contributed by atoms with Crippen molar-refractivity contribution >= 4 is 5.97 Å². The van der Waals surface area contributed by atoms with Gasteiger partial charge in [0, 0.05) is 6.54 Å². The molecule has 10 heteroatoms. The van der Waals surface area contributed by atoms with Crippen molar-refractivity contribution in [2.24, 2.45) is 5.73 Å². The fourth-order valence-corrected chi connectivity index (χ4v) is 4.52. The summed E-state index contributed by atoms with van der Waals surface area (Å²) in [5.74, 6) is -5.48. The van der Waals surface area contributed by atoms with Crippen molar-refractivity contribution in [1.29, 1.82) is 0 Å². The summed E-state index contributed by atoms with van der Waals surface area (Å²) in [5, 5.41) is 12.8. The highest BCUT2D eigenvalue weighted by Crippen LogP contribution is 2.39. The Bertz CT molecular complexity index is 1570. The van der Waals surface area contributed by atoms with Gasteiger partial charge >= 0.3 is 5.97 Å². The molecule has 0 amide bonds. The average Bonchev–Trinajstić information content (AvgIpc) is 2.98. The quantitative estimate of drug-likeness (QED) is 0.221. The van der Waals surface area contributed by atoms with Crippen LogP contribution in [0, 0.1) is 18.6 Å². The van der Waals surface area contributed by atoms with Crippen LogP contribution in [0.2, 0.25) is 0 Å². The Morgan fingerprint density at radius 3 is 2.37 bits per heavy atom. The molecule has 2 heterocycles. The molecular formula is C31H29F2N3O5. The maximum atomic E-state index is 15.8. The van der Waals surface area contributed by atoms with E-state index in [0.29, 0.717) is 38.0 Å². The second-order valence-electron chi connectivity index (χ2n) is 9.69. The molecule has 8 nitrogen and oxygen atoms in total. The molecule has 0 unspecified atom stereocenters. The molecule has 0 aliphatic carbocycles. The van der Waals surface area contributed by atoms with Gasteiger partial charge in [0.05, 0.1) is 0 Å². The van der Waals surface area contributed by atoms with Crippen LogP contribution >= 0.6 is 0 Å².